The van der Waals surface area contributed by atoms with E-state index in [9.17, 15) is 8.42 Å². The lowest BCUT2D eigenvalue weighted by atomic mass is 10.0. The Morgan fingerprint density at radius 2 is 2.19 bits per heavy atom. The Labute approximate surface area is 97.0 Å². The number of hydrogen-bond acceptors (Lipinski definition) is 4. The quantitative estimate of drug-likeness (QED) is 0.539. The summed E-state index contributed by atoms with van der Waals surface area (Å²) in [7, 11) is -1.96. The molecular formula is C9H20N2O4S. The molecule has 16 heavy (non-hydrogen) atoms. The zero-order valence-corrected chi connectivity index (χ0v) is 10.6. The average Bonchev–Trinajstić information content (AvgIpc) is 2.24. The molecule has 6 nitrogen and oxygen atoms in total. The molecule has 0 amide bonds. The molecule has 1 heterocycles. The van der Waals surface area contributed by atoms with Gasteiger partial charge in [-0.1, -0.05) is 11.8 Å². The van der Waals surface area contributed by atoms with Crippen LogP contribution < -0.4 is 4.89 Å². The number of nitrogens with zero attached hydrogens (tertiary/aromatic N) is 1. The maximum Gasteiger partial charge on any atom is 0.301 e. The van der Waals surface area contributed by atoms with E-state index in [-0.39, 0.29) is 6.61 Å². The number of piperidine rings is 1. The Morgan fingerprint density at radius 1 is 1.44 bits per heavy atom. The minimum Gasteiger partial charge on any atom is -0.382 e. The molecule has 0 aromatic carbocycles. The summed E-state index contributed by atoms with van der Waals surface area (Å²) in [5, 5.41) is 0. The van der Waals surface area contributed by atoms with Crippen LogP contribution in [0.25, 0.3) is 0 Å². The van der Waals surface area contributed by atoms with Crippen molar-refractivity contribution in [2.75, 3.05) is 33.4 Å². The third kappa shape index (κ3) is 4.34. The molecule has 0 bridgehead atoms. The molecule has 1 aliphatic rings. The minimum atomic E-state index is -3.49. The van der Waals surface area contributed by atoms with Gasteiger partial charge in [0.2, 0.25) is 0 Å². The number of ether oxygens (including phenoxy) is 1. The normalized spacial score (nSPS) is 23.5. The van der Waals surface area contributed by atoms with Gasteiger partial charge in [-0.2, -0.15) is 12.7 Å². The highest BCUT2D eigenvalue weighted by Crippen LogP contribution is 2.17. The van der Waals surface area contributed by atoms with E-state index in [1.54, 1.807) is 0 Å². The van der Waals surface area contributed by atoms with Gasteiger partial charge in [-0.05, 0) is 18.8 Å². The van der Waals surface area contributed by atoms with Crippen molar-refractivity contribution in [1.82, 2.24) is 9.19 Å². The van der Waals surface area contributed by atoms with Gasteiger partial charge in [-0.25, -0.2) is 0 Å². The number of methoxy groups -OCH3 is 1. The number of nitrogens with one attached hydrogen (secondary N) is 1. The standard InChI is InChI=1S/C9H20N2O4S/c1-9-4-3-5-11(8-9)16(12,13)10-15-7-6-14-2/h9-10H,3-8H2,1-2H3. The summed E-state index contributed by atoms with van der Waals surface area (Å²) in [4.78, 5) is 6.92. The summed E-state index contributed by atoms with van der Waals surface area (Å²) < 4.78 is 29.7. The van der Waals surface area contributed by atoms with Crippen LogP contribution in [-0.2, 0) is 19.8 Å². The van der Waals surface area contributed by atoms with Gasteiger partial charge in [0, 0.05) is 20.2 Å². The first-order valence-corrected chi connectivity index (χ1v) is 6.88. The van der Waals surface area contributed by atoms with Crippen LogP contribution in [0.15, 0.2) is 0 Å². The monoisotopic (exact) mass is 252 g/mol. The summed E-state index contributed by atoms with van der Waals surface area (Å²) in [6, 6.07) is 0. The highest BCUT2D eigenvalue weighted by molar-refractivity contribution is 7.87. The highest BCUT2D eigenvalue weighted by Gasteiger charge is 2.26. The van der Waals surface area contributed by atoms with Crippen molar-refractivity contribution in [1.29, 1.82) is 0 Å². The van der Waals surface area contributed by atoms with E-state index in [0.717, 1.165) is 12.8 Å². The molecule has 0 aliphatic carbocycles. The summed E-state index contributed by atoms with van der Waals surface area (Å²) in [5.41, 5.74) is 0. The third-order valence-corrected chi connectivity index (χ3v) is 3.85. The maximum absolute atomic E-state index is 11.7. The SMILES string of the molecule is COCCONS(=O)(=O)N1CCCC(C)C1. The summed E-state index contributed by atoms with van der Waals surface area (Å²) in [5.74, 6) is 0.407. The largest absolute Gasteiger partial charge is 0.382 e. The van der Waals surface area contributed by atoms with E-state index in [1.807, 2.05) is 6.92 Å². The van der Waals surface area contributed by atoms with E-state index in [2.05, 4.69) is 4.89 Å². The minimum absolute atomic E-state index is 0.207. The zero-order valence-electron chi connectivity index (χ0n) is 9.81. The van der Waals surface area contributed by atoms with Gasteiger partial charge in [0.05, 0.1) is 13.2 Å². The Morgan fingerprint density at radius 3 is 2.81 bits per heavy atom. The van der Waals surface area contributed by atoms with Gasteiger partial charge >= 0.3 is 10.2 Å². The molecule has 0 aromatic rings. The fourth-order valence-electron chi connectivity index (χ4n) is 1.66. The number of rotatable bonds is 6. The third-order valence-electron chi connectivity index (χ3n) is 2.51. The molecule has 1 rings (SSSR count). The van der Waals surface area contributed by atoms with E-state index in [4.69, 9.17) is 9.57 Å². The lowest BCUT2D eigenvalue weighted by Gasteiger charge is -2.29. The van der Waals surface area contributed by atoms with Crippen LogP contribution in [0.3, 0.4) is 0 Å². The molecule has 1 aliphatic heterocycles. The van der Waals surface area contributed by atoms with Gasteiger partial charge in [-0.15, -0.1) is 0 Å². The summed E-state index contributed by atoms with van der Waals surface area (Å²) in [6.07, 6.45) is 1.98. The van der Waals surface area contributed by atoms with Crippen LogP contribution in [0, 0.1) is 5.92 Å². The smallest absolute Gasteiger partial charge is 0.301 e. The average molecular weight is 252 g/mol. The second kappa shape index (κ2) is 6.51. The van der Waals surface area contributed by atoms with Crippen LogP contribution in [0.1, 0.15) is 19.8 Å². The van der Waals surface area contributed by atoms with Crippen LogP contribution in [0.4, 0.5) is 0 Å². The molecule has 7 heteroatoms. The fourth-order valence-corrected chi connectivity index (χ4v) is 2.82. The van der Waals surface area contributed by atoms with Crippen molar-refractivity contribution < 1.29 is 18.0 Å². The maximum atomic E-state index is 11.7. The zero-order chi connectivity index (χ0) is 12.0. The van der Waals surface area contributed by atoms with Crippen LogP contribution in [0.5, 0.6) is 0 Å². The Hall–Kier alpha value is -0.210. The van der Waals surface area contributed by atoms with E-state index < -0.39 is 10.2 Å². The lowest BCUT2D eigenvalue weighted by Crippen LogP contribution is -2.45. The Kier molecular flexibility index (Phi) is 5.63. The van der Waals surface area contributed by atoms with Crippen molar-refractivity contribution in [3.05, 3.63) is 0 Å². The first-order valence-electron chi connectivity index (χ1n) is 5.44. The molecule has 1 N–H and O–H groups in total. The highest BCUT2D eigenvalue weighted by atomic mass is 32.2. The molecule has 1 atom stereocenters. The Balaban J connectivity index is 2.37. The molecule has 1 unspecified atom stereocenters. The van der Waals surface area contributed by atoms with Gasteiger partial charge in [0.25, 0.3) is 0 Å². The second-order valence-corrected chi connectivity index (χ2v) is 5.67. The molecule has 1 saturated heterocycles. The molecular weight excluding hydrogens is 232 g/mol. The molecule has 96 valence electrons. The van der Waals surface area contributed by atoms with Crippen molar-refractivity contribution in [2.24, 2.45) is 5.92 Å². The fraction of sp³-hybridized carbons (Fsp3) is 1.00. The summed E-state index contributed by atoms with van der Waals surface area (Å²) >= 11 is 0. The van der Waals surface area contributed by atoms with Gasteiger partial charge in [0.1, 0.15) is 0 Å². The van der Waals surface area contributed by atoms with Crippen LogP contribution in [0.2, 0.25) is 0 Å². The molecule has 0 spiro atoms. The summed E-state index contributed by atoms with van der Waals surface area (Å²) in [6.45, 7) is 3.74. The first kappa shape index (κ1) is 13.9. The van der Waals surface area contributed by atoms with Crippen molar-refractivity contribution >= 4 is 10.2 Å². The first-order chi connectivity index (χ1) is 7.56. The molecule has 0 aromatic heterocycles. The lowest BCUT2D eigenvalue weighted by molar-refractivity contribution is 0.0401. The van der Waals surface area contributed by atoms with Gasteiger partial charge in [-0.3, -0.25) is 4.84 Å². The van der Waals surface area contributed by atoms with Crippen molar-refractivity contribution in [3.63, 3.8) is 0 Å². The van der Waals surface area contributed by atoms with Gasteiger partial charge < -0.3 is 4.74 Å². The van der Waals surface area contributed by atoms with E-state index in [1.165, 1.54) is 11.4 Å². The van der Waals surface area contributed by atoms with Crippen LogP contribution in [-0.4, -0.2) is 46.1 Å². The van der Waals surface area contributed by atoms with Crippen molar-refractivity contribution in [3.8, 4) is 0 Å². The Bertz CT molecular complexity index is 294. The van der Waals surface area contributed by atoms with E-state index in [0.29, 0.717) is 25.6 Å². The predicted molar refractivity (Wildman–Crippen MR) is 59.9 cm³/mol. The molecule has 1 fully saturated rings. The predicted octanol–water partition coefficient (Wildman–Crippen LogP) is 0.131. The van der Waals surface area contributed by atoms with Gasteiger partial charge in [0.15, 0.2) is 0 Å². The van der Waals surface area contributed by atoms with Crippen molar-refractivity contribution in [2.45, 2.75) is 19.8 Å². The van der Waals surface area contributed by atoms with E-state index >= 15 is 0 Å². The topological polar surface area (TPSA) is 67.9 Å². The molecule has 0 radical (unpaired) electrons. The molecule has 0 saturated carbocycles. The second-order valence-electron chi connectivity index (χ2n) is 4.04. The van der Waals surface area contributed by atoms with Crippen LogP contribution >= 0.6 is 0 Å². The number of hydrogen-bond donors (Lipinski definition) is 1.